The average Bonchev–Trinajstić information content (AvgIpc) is 2.39. The number of rotatable bonds is 4. The molecule has 1 fully saturated rings. The summed E-state index contributed by atoms with van der Waals surface area (Å²) in [6, 6.07) is 7.49. The van der Waals surface area contributed by atoms with Crippen LogP contribution in [0.3, 0.4) is 0 Å². The number of nitrogens with zero attached hydrogens (tertiary/aromatic N) is 1. The highest BCUT2D eigenvalue weighted by atomic mass is 79.9. The van der Waals surface area contributed by atoms with Crippen LogP contribution < -0.4 is 11.1 Å². The van der Waals surface area contributed by atoms with Crippen LogP contribution in [-0.4, -0.2) is 36.3 Å². The molecule has 1 aliphatic rings. The molecule has 0 aliphatic carbocycles. The van der Waals surface area contributed by atoms with Crippen molar-refractivity contribution in [3.63, 3.8) is 0 Å². The molecular weight excluding hydrogens is 322 g/mol. The highest BCUT2D eigenvalue weighted by Gasteiger charge is 2.24. The Morgan fingerprint density at radius 2 is 2.05 bits per heavy atom. The van der Waals surface area contributed by atoms with E-state index in [1.165, 1.54) is 0 Å². The topological polar surface area (TPSA) is 75.4 Å². The summed E-state index contributed by atoms with van der Waals surface area (Å²) >= 11 is 3.37. The lowest BCUT2D eigenvalue weighted by Crippen LogP contribution is -2.42. The second-order valence-electron chi connectivity index (χ2n) is 5.01. The van der Waals surface area contributed by atoms with Crippen LogP contribution in [0.4, 0.5) is 5.69 Å². The van der Waals surface area contributed by atoms with E-state index in [0.717, 1.165) is 36.1 Å². The molecule has 5 nitrogen and oxygen atoms in total. The number of anilines is 1. The number of likely N-dealkylation sites (tertiary alicyclic amines) is 1. The first kappa shape index (κ1) is 15.0. The van der Waals surface area contributed by atoms with E-state index < -0.39 is 0 Å². The number of nitrogens with two attached hydrogens (primary N) is 1. The fraction of sp³-hybridized carbons (Fsp3) is 0.429. The Kier molecular flexibility index (Phi) is 5.14. The molecule has 1 heterocycles. The maximum Gasteiger partial charge on any atom is 0.238 e. The molecule has 1 aliphatic heterocycles. The third-order valence-electron chi connectivity index (χ3n) is 3.47. The Balaban J connectivity index is 1.80. The van der Waals surface area contributed by atoms with Crippen LogP contribution >= 0.6 is 15.9 Å². The molecule has 1 aromatic carbocycles. The molecule has 1 saturated heterocycles. The van der Waals surface area contributed by atoms with Crippen LogP contribution in [0.25, 0.3) is 0 Å². The van der Waals surface area contributed by atoms with E-state index in [0.29, 0.717) is 6.54 Å². The van der Waals surface area contributed by atoms with Gasteiger partial charge in [-0.05, 0) is 44.1 Å². The minimum atomic E-state index is -0.233. The van der Waals surface area contributed by atoms with Crippen molar-refractivity contribution >= 4 is 33.4 Å². The van der Waals surface area contributed by atoms with Crippen LogP contribution in [0.1, 0.15) is 12.8 Å². The van der Waals surface area contributed by atoms with Crippen molar-refractivity contribution in [2.45, 2.75) is 12.8 Å². The number of halogens is 1. The first-order valence-corrected chi connectivity index (χ1v) is 7.41. The lowest BCUT2D eigenvalue weighted by molar-refractivity contribution is -0.123. The Morgan fingerprint density at radius 3 is 2.65 bits per heavy atom. The lowest BCUT2D eigenvalue weighted by Gasteiger charge is -2.29. The standard InChI is InChI=1S/C14H18BrN3O2/c15-11-2-1-3-12(8-11)17-13(19)9-18-6-4-10(5-7-18)14(16)20/h1-3,8,10H,4-7,9H2,(H2,16,20)(H,17,19). The predicted octanol–water partition coefficient (Wildman–Crippen LogP) is 1.58. The number of carbonyl (C=O) groups excluding carboxylic acids is 2. The van der Waals surface area contributed by atoms with Crippen LogP contribution in [0.2, 0.25) is 0 Å². The van der Waals surface area contributed by atoms with Crippen molar-refractivity contribution in [3.05, 3.63) is 28.7 Å². The van der Waals surface area contributed by atoms with Gasteiger partial charge in [0.25, 0.3) is 0 Å². The Bertz CT molecular complexity index is 499. The number of hydrogen-bond acceptors (Lipinski definition) is 3. The van der Waals surface area contributed by atoms with Gasteiger partial charge in [0.2, 0.25) is 11.8 Å². The van der Waals surface area contributed by atoms with Crippen LogP contribution in [-0.2, 0) is 9.59 Å². The summed E-state index contributed by atoms with van der Waals surface area (Å²) in [6.07, 6.45) is 1.47. The van der Waals surface area contributed by atoms with E-state index in [1.54, 1.807) is 0 Å². The Morgan fingerprint density at radius 1 is 1.35 bits per heavy atom. The second-order valence-corrected chi connectivity index (χ2v) is 5.93. The third kappa shape index (κ3) is 4.31. The van der Waals surface area contributed by atoms with Crippen LogP contribution in [0, 0.1) is 5.92 Å². The van der Waals surface area contributed by atoms with Crippen molar-refractivity contribution in [2.75, 3.05) is 25.0 Å². The summed E-state index contributed by atoms with van der Waals surface area (Å²) in [5.74, 6) is -0.316. The van der Waals surface area contributed by atoms with Gasteiger partial charge in [-0.15, -0.1) is 0 Å². The van der Waals surface area contributed by atoms with Gasteiger partial charge in [0.15, 0.2) is 0 Å². The first-order valence-electron chi connectivity index (χ1n) is 6.61. The minimum Gasteiger partial charge on any atom is -0.369 e. The number of primary amides is 1. The van der Waals surface area contributed by atoms with Gasteiger partial charge >= 0.3 is 0 Å². The number of piperidine rings is 1. The number of hydrogen-bond donors (Lipinski definition) is 2. The first-order chi connectivity index (χ1) is 9.54. The quantitative estimate of drug-likeness (QED) is 0.874. The molecule has 0 bridgehead atoms. The smallest absolute Gasteiger partial charge is 0.238 e. The Hall–Kier alpha value is -1.40. The van der Waals surface area contributed by atoms with Gasteiger partial charge in [0, 0.05) is 16.1 Å². The zero-order valence-corrected chi connectivity index (χ0v) is 12.7. The molecule has 2 amide bonds. The molecule has 6 heteroatoms. The summed E-state index contributed by atoms with van der Waals surface area (Å²) in [7, 11) is 0. The summed E-state index contributed by atoms with van der Waals surface area (Å²) < 4.78 is 0.928. The SMILES string of the molecule is NC(=O)C1CCN(CC(=O)Nc2cccc(Br)c2)CC1. The summed E-state index contributed by atoms with van der Waals surface area (Å²) in [4.78, 5) is 25.1. The van der Waals surface area contributed by atoms with Gasteiger partial charge < -0.3 is 11.1 Å². The molecule has 108 valence electrons. The molecule has 0 radical (unpaired) electrons. The van der Waals surface area contributed by atoms with E-state index in [4.69, 9.17) is 5.73 Å². The molecule has 0 spiro atoms. The fourth-order valence-electron chi connectivity index (χ4n) is 2.35. The van der Waals surface area contributed by atoms with Gasteiger partial charge in [-0.1, -0.05) is 22.0 Å². The molecule has 1 aromatic rings. The van der Waals surface area contributed by atoms with Crippen molar-refractivity contribution in [1.29, 1.82) is 0 Å². The molecule has 3 N–H and O–H groups in total. The minimum absolute atomic E-state index is 0.0411. The van der Waals surface area contributed by atoms with Gasteiger partial charge in [-0.25, -0.2) is 0 Å². The molecule has 0 saturated carbocycles. The van der Waals surface area contributed by atoms with E-state index in [1.807, 2.05) is 29.2 Å². The van der Waals surface area contributed by atoms with Gasteiger partial charge in [0.05, 0.1) is 6.54 Å². The van der Waals surface area contributed by atoms with Crippen molar-refractivity contribution < 1.29 is 9.59 Å². The third-order valence-corrected chi connectivity index (χ3v) is 3.96. The molecule has 0 aromatic heterocycles. The molecule has 0 unspecified atom stereocenters. The fourth-order valence-corrected chi connectivity index (χ4v) is 2.74. The highest BCUT2D eigenvalue weighted by Crippen LogP contribution is 2.17. The van der Waals surface area contributed by atoms with Gasteiger partial charge in [-0.2, -0.15) is 0 Å². The van der Waals surface area contributed by atoms with Crippen molar-refractivity contribution in [2.24, 2.45) is 11.7 Å². The van der Waals surface area contributed by atoms with Gasteiger partial charge in [0.1, 0.15) is 0 Å². The molecule has 20 heavy (non-hydrogen) atoms. The summed E-state index contributed by atoms with van der Waals surface area (Å²) in [6.45, 7) is 1.82. The van der Waals surface area contributed by atoms with Crippen molar-refractivity contribution in [3.8, 4) is 0 Å². The second kappa shape index (κ2) is 6.85. The maximum atomic E-state index is 11.9. The Labute approximate surface area is 126 Å². The number of amides is 2. The van der Waals surface area contributed by atoms with Crippen LogP contribution in [0.15, 0.2) is 28.7 Å². The maximum absolute atomic E-state index is 11.9. The molecule has 0 atom stereocenters. The number of nitrogens with one attached hydrogen (secondary N) is 1. The van der Waals surface area contributed by atoms with Crippen LogP contribution in [0.5, 0.6) is 0 Å². The largest absolute Gasteiger partial charge is 0.369 e. The number of benzene rings is 1. The average molecular weight is 340 g/mol. The van der Waals surface area contributed by atoms with Crippen molar-refractivity contribution in [1.82, 2.24) is 4.90 Å². The highest BCUT2D eigenvalue weighted by molar-refractivity contribution is 9.10. The van der Waals surface area contributed by atoms with E-state index in [9.17, 15) is 9.59 Å². The zero-order valence-electron chi connectivity index (χ0n) is 11.1. The predicted molar refractivity (Wildman–Crippen MR) is 81.1 cm³/mol. The van der Waals surface area contributed by atoms with E-state index in [-0.39, 0.29) is 17.7 Å². The monoisotopic (exact) mass is 339 g/mol. The molecule has 2 rings (SSSR count). The van der Waals surface area contributed by atoms with Gasteiger partial charge in [-0.3, -0.25) is 14.5 Å². The zero-order chi connectivity index (χ0) is 14.5. The normalized spacial score (nSPS) is 16.9. The summed E-state index contributed by atoms with van der Waals surface area (Å²) in [5, 5.41) is 2.86. The lowest BCUT2D eigenvalue weighted by atomic mass is 9.96. The van der Waals surface area contributed by atoms with E-state index in [2.05, 4.69) is 21.2 Å². The van der Waals surface area contributed by atoms with E-state index >= 15 is 0 Å². The summed E-state index contributed by atoms with van der Waals surface area (Å²) in [5.41, 5.74) is 6.06. The number of carbonyl (C=O) groups is 2. The molecular formula is C14H18BrN3O2.